The fourth-order valence-corrected chi connectivity index (χ4v) is 3.37. The number of rotatable bonds is 6. The van der Waals surface area contributed by atoms with Gasteiger partial charge in [0, 0.05) is 19.1 Å². The lowest BCUT2D eigenvalue weighted by Crippen LogP contribution is -2.46. The van der Waals surface area contributed by atoms with E-state index in [0.29, 0.717) is 18.5 Å². The maximum Gasteiger partial charge on any atom is 0.329 e. The van der Waals surface area contributed by atoms with Crippen molar-refractivity contribution in [3.8, 4) is 0 Å². The number of nitrogens with one attached hydrogen (secondary N) is 1. The highest BCUT2D eigenvalue weighted by Gasteiger charge is 2.35. The van der Waals surface area contributed by atoms with Crippen molar-refractivity contribution in [3.05, 3.63) is 0 Å². The molecule has 20 heavy (non-hydrogen) atoms. The highest BCUT2D eigenvalue weighted by Crippen LogP contribution is 2.35. The molecule has 2 aliphatic rings. The molecule has 2 rings (SSSR count). The van der Waals surface area contributed by atoms with Gasteiger partial charge in [-0.05, 0) is 31.6 Å². The second kappa shape index (κ2) is 7.47. The SMILES string of the molecule is O=C(O)COCCNC(=O)N1CCCC1C1CCCC1. The van der Waals surface area contributed by atoms with Crippen LogP contribution in [0.15, 0.2) is 0 Å². The predicted molar refractivity (Wildman–Crippen MR) is 73.5 cm³/mol. The Morgan fingerprint density at radius 2 is 1.95 bits per heavy atom. The number of aliphatic carboxylic acids is 1. The number of carbonyl (C=O) groups is 2. The standard InChI is InChI=1S/C14H24N2O4/c17-13(18)10-20-9-7-15-14(19)16-8-3-6-12(16)11-4-1-2-5-11/h11-12H,1-10H2,(H,15,19)(H,17,18). The smallest absolute Gasteiger partial charge is 0.329 e. The van der Waals surface area contributed by atoms with Gasteiger partial charge in [0.1, 0.15) is 6.61 Å². The minimum atomic E-state index is -0.989. The van der Waals surface area contributed by atoms with Crippen molar-refractivity contribution in [3.63, 3.8) is 0 Å². The first-order valence-electron chi connectivity index (χ1n) is 7.52. The van der Waals surface area contributed by atoms with E-state index in [1.54, 1.807) is 0 Å². The summed E-state index contributed by atoms with van der Waals surface area (Å²) >= 11 is 0. The number of amides is 2. The van der Waals surface area contributed by atoms with Gasteiger partial charge in [-0.1, -0.05) is 12.8 Å². The van der Waals surface area contributed by atoms with Crippen LogP contribution in [0.4, 0.5) is 4.79 Å². The van der Waals surface area contributed by atoms with Gasteiger partial charge in [0.15, 0.2) is 0 Å². The Hall–Kier alpha value is -1.30. The van der Waals surface area contributed by atoms with Crippen molar-refractivity contribution >= 4 is 12.0 Å². The normalized spacial score (nSPS) is 23.2. The molecule has 0 radical (unpaired) electrons. The third kappa shape index (κ3) is 4.10. The van der Waals surface area contributed by atoms with Crippen LogP contribution in [-0.4, -0.2) is 54.4 Å². The summed E-state index contributed by atoms with van der Waals surface area (Å²) < 4.78 is 4.90. The molecule has 0 bridgehead atoms. The summed E-state index contributed by atoms with van der Waals surface area (Å²) in [7, 11) is 0. The average molecular weight is 284 g/mol. The van der Waals surface area contributed by atoms with Crippen LogP contribution in [0.5, 0.6) is 0 Å². The number of hydrogen-bond donors (Lipinski definition) is 2. The molecular weight excluding hydrogens is 260 g/mol. The Morgan fingerprint density at radius 1 is 1.20 bits per heavy atom. The number of carbonyl (C=O) groups excluding carboxylic acids is 1. The lowest BCUT2D eigenvalue weighted by atomic mass is 9.96. The number of nitrogens with zero attached hydrogens (tertiary/aromatic N) is 1. The van der Waals surface area contributed by atoms with Crippen LogP contribution in [0.1, 0.15) is 38.5 Å². The molecule has 2 amide bonds. The number of likely N-dealkylation sites (tertiary alicyclic amines) is 1. The van der Waals surface area contributed by atoms with Crippen LogP contribution in [0.2, 0.25) is 0 Å². The zero-order valence-electron chi connectivity index (χ0n) is 11.8. The highest BCUT2D eigenvalue weighted by molar-refractivity contribution is 5.74. The molecule has 0 aromatic carbocycles. The van der Waals surface area contributed by atoms with Crippen molar-refractivity contribution in [1.82, 2.24) is 10.2 Å². The van der Waals surface area contributed by atoms with Crippen LogP contribution in [0, 0.1) is 5.92 Å². The van der Waals surface area contributed by atoms with Crippen LogP contribution < -0.4 is 5.32 Å². The van der Waals surface area contributed by atoms with E-state index in [1.807, 2.05) is 4.90 Å². The average Bonchev–Trinajstić information content (AvgIpc) is 3.08. The number of hydrogen-bond acceptors (Lipinski definition) is 3. The minimum absolute atomic E-state index is 0.0293. The third-order valence-electron chi connectivity index (χ3n) is 4.25. The fraction of sp³-hybridized carbons (Fsp3) is 0.857. The van der Waals surface area contributed by atoms with E-state index in [4.69, 9.17) is 9.84 Å². The van der Waals surface area contributed by atoms with E-state index >= 15 is 0 Å². The van der Waals surface area contributed by atoms with Gasteiger partial charge in [0.25, 0.3) is 0 Å². The van der Waals surface area contributed by atoms with Crippen molar-refractivity contribution in [1.29, 1.82) is 0 Å². The Bertz CT molecular complexity index is 342. The Kier molecular flexibility index (Phi) is 5.64. The second-order valence-corrected chi connectivity index (χ2v) is 5.63. The predicted octanol–water partition coefficient (Wildman–Crippen LogP) is 1.45. The molecule has 1 aliphatic heterocycles. The Balaban J connectivity index is 1.69. The lowest BCUT2D eigenvalue weighted by molar-refractivity contribution is -0.142. The summed E-state index contributed by atoms with van der Waals surface area (Å²) in [4.78, 5) is 24.4. The number of carboxylic acids is 1. The number of urea groups is 1. The summed E-state index contributed by atoms with van der Waals surface area (Å²) in [5, 5.41) is 11.3. The molecule has 6 nitrogen and oxygen atoms in total. The van der Waals surface area contributed by atoms with Crippen molar-refractivity contribution in [2.45, 2.75) is 44.6 Å². The lowest BCUT2D eigenvalue weighted by Gasteiger charge is -2.29. The highest BCUT2D eigenvalue weighted by atomic mass is 16.5. The molecule has 0 aromatic heterocycles. The number of ether oxygens (including phenoxy) is 1. The van der Waals surface area contributed by atoms with Crippen LogP contribution in [-0.2, 0) is 9.53 Å². The molecule has 1 atom stereocenters. The topological polar surface area (TPSA) is 78.9 Å². The maximum absolute atomic E-state index is 12.2. The van der Waals surface area contributed by atoms with Crippen LogP contribution in [0.3, 0.4) is 0 Å². The van der Waals surface area contributed by atoms with Crippen LogP contribution >= 0.6 is 0 Å². The van der Waals surface area contributed by atoms with E-state index in [-0.39, 0.29) is 19.2 Å². The maximum atomic E-state index is 12.2. The van der Waals surface area contributed by atoms with Gasteiger partial charge in [0.2, 0.25) is 0 Å². The summed E-state index contributed by atoms with van der Waals surface area (Å²) in [5.41, 5.74) is 0. The first-order chi connectivity index (χ1) is 9.68. The summed E-state index contributed by atoms with van der Waals surface area (Å²) in [5.74, 6) is -0.316. The molecule has 1 saturated heterocycles. The van der Waals surface area contributed by atoms with Crippen LogP contribution in [0.25, 0.3) is 0 Å². The molecular formula is C14H24N2O4. The van der Waals surface area contributed by atoms with Gasteiger partial charge in [-0.2, -0.15) is 0 Å². The minimum Gasteiger partial charge on any atom is -0.480 e. The third-order valence-corrected chi connectivity index (χ3v) is 4.25. The Morgan fingerprint density at radius 3 is 2.65 bits per heavy atom. The zero-order valence-corrected chi connectivity index (χ0v) is 11.8. The molecule has 1 aliphatic carbocycles. The first kappa shape index (κ1) is 15.1. The van der Waals surface area contributed by atoms with Crippen molar-refractivity contribution in [2.75, 3.05) is 26.3 Å². The summed E-state index contributed by atoms with van der Waals surface area (Å²) in [6.45, 7) is 1.12. The molecule has 1 unspecified atom stereocenters. The largest absolute Gasteiger partial charge is 0.480 e. The van der Waals surface area contributed by atoms with Gasteiger partial charge in [-0.25, -0.2) is 9.59 Å². The van der Waals surface area contributed by atoms with Crippen molar-refractivity contribution in [2.24, 2.45) is 5.92 Å². The van der Waals surface area contributed by atoms with Gasteiger partial charge in [-0.15, -0.1) is 0 Å². The molecule has 6 heteroatoms. The molecule has 0 aromatic rings. The van der Waals surface area contributed by atoms with Gasteiger partial charge in [0.05, 0.1) is 6.61 Å². The second-order valence-electron chi connectivity index (χ2n) is 5.63. The monoisotopic (exact) mass is 284 g/mol. The molecule has 0 spiro atoms. The van der Waals surface area contributed by atoms with E-state index in [2.05, 4.69) is 5.32 Å². The fourth-order valence-electron chi connectivity index (χ4n) is 3.37. The molecule has 114 valence electrons. The van der Waals surface area contributed by atoms with E-state index in [1.165, 1.54) is 25.7 Å². The van der Waals surface area contributed by atoms with Gasteiger partial charge < -0.3 is 20.1 Å². The van der Waals surface area contributed by atoms with E-state index in [0.717, 1.165) is 19.4 Å². The quantitative estimate of drug-likeness (QED) is 0.724. The summed E-state index contributed by atoms with van der Waals surface area (Å²) in [6, 6.07) is 0.371. The van der Waals surface area contributed by atoms with Gasteiger partial charge in [-0.3, -0.25) is 0 Å². The van der Waals surface area contributed by atoms with Crippen molar-refractivity contribution < 1.29 is 19.4 Å². The zero-order chi connectivity index (χ0) is 14.4. The van der Waals surface area contributed by atoms with E-state index < -0.39 is 5.97 Å². The molecule has 2 N–H and O–H groups in total. The molecule has 1 saturated carbocycles. The van der Waals surface area contributed by atoms with Gasteiger partial charge >= 0.3 is 12.0 Å². The van der Waals surface area contributed by atoms with E-state index in [9.17, 15) is 9.59 Å². The first-order valence-corrected chi connectivity index (χ1v) is 7.52. The summed E-state index contributed by atoms with van der Waals surface area (Å²) in [6.07, 6.45) is 7.28. The molecule has 2 fully saturated rings. The molecule has 1 heterocycles. The Labute approximate surface area is 119 Å². The number of carboxylic acid groups (broad SMARTS) is 1.